The molecule has 2 aromatic rings. The highest BCUT2D eigenvalue weighted by Gasteiger charge is 2.40. The van der Waals surface area contributed by atoms with E-state index in [2.05, 4.69) is 9.97 Å². The van der Waals surface area contributed by atoms with Crippen molar-refractivity contribution in [1.29, 1.82) is 0 Å². The fraction of sp³-hybridized carbons (Fsp3) is 0.533. The minimum absolute atomic E-state index is 0.0885. The zero-order valence-electron chi connectivity index (χ0n) is 13.4. The molecule has 0 spiro atoms. The summed E-state index contributed by atoms with van der Waals surface area (Å²) >= 11 is 1.13. The van der Waals surface area contributed by atoms with Crippen LogP contribution in [0.4, 0.5) is 13.2 Å². The number of alkyl halides is 3. The molecule has 0 bridgehead atoms. The van der Waals surface area contributed by atoms with Crippen molar-refractivity contribution in [3.63, 3.8) is 0 Å². The van der Waals surface area contributed by atoms with Gasteiger partial charge in [0, 0.05) is 11.3 Å². The largest absolute Gasteiger partial charge is 0.424 e. The summed E-state index contributed by atoms with van der Waals surface area (Å²) in [7, 11) is 1.59. The summed E-state index contributed by atoms with van der Waals surface area (Å²) in [5.41, 5.74) is 0.836. The van der Waals surface area contributed by atoms with Gasteiger partial charge in [0.1, 0.15) is 11.3 Å². The van der Waals surface area contributed by atoms with E-state index in [-0.39, 0.29) is 17.0 Å². The Labute approximate surface area is 140 Å². The van der Waals surface area contributed by atoms with Crippen LogP contribution < -0.4 is 10.2 Å². The second kappa shape index (κ2) is 6.27. The Hall–Kier alpha value is -1.77. The van der Waals surface area contributed by atoms with Crippen LogP contribution >= 0.6 is 11.8 Å². The van der Waals surface area contributed by atoms with Crippen LogP contribution in [0.25, 0.3) is 0 Å². The Balaban J connectivity index is 1.90. The maximum absolute atomic E-state index is 13.2. The Bertz CT molecular complexity index is 825. The number of halogens is 3. The summed E-state index contributed by atoms with van der Waals surface area (Å²) in [4.78, 5) is 19.1. The van der Waals surface area contributed by atoms with Gasteiger partial charge in [-0.05, 0) is 26.2 Å². The summed E-state index contributed by atoms with van der Waals surface area (Å²) in [6.45, 7) is 2.22. The molecule has 0 radical (unpaired) electrons. The monoisotopic (exact) mass is 359 g/mol. The van der Waals surface area contributed by atoms with Crippen molar-refractivity contribution in [3.05, 3.63) is 39.1 Å². The van der Waals surface area contributed by atoms with E-state index in [0.29, 0.717) is 17.3 Å². The molecule has 0 unspecified atom stereocenters. The Kier molecular flexibility index (Phi) is 4.46. The molecular formula is C15H18F3N4OS+. The molecule has 3 rings (SSSR count). The lowest BCUT2D eigenvalue weighted by molar-refractivity contribution is -0.754. The summed E-state index contributed by atoms with van der Waals surface area (Å²) in [6, 6.07) is 0. The van der Waals surface area contributed by atoms with E-state index in [1.54, 1.807) is 18.7 Å². The molecule has 0 aliphatic heterocycles. The van der Waals surface area contributed by atoms with Gasteiger partial charge in [0.2, 0.25) is 6.20 Å². The summed E-state index contributed by atoms with van der Waals surface area (Å²) in [5, 5.41) is 0.375. The van der Waals surface area contributed by atoms with Crippen LogP contribution in [0.1, 0.15) is 35.9 Å². The number of aryl methyl sites for hydroxylation is 2. The minimum Gasteiger partial charge on any atom is -0.301 e. The standard InChI is InChI=1S/C15H17F3N4OS/c1-3-22-12(10(7-21(22)2)15(16,17)18)8-24-14-19-11-6-4-5-9(11)13(23)20-14/h7H,3-6,8H2,1-2H3/p+1. The van der Waals surface area contributed by atoms with Crippen molar-refractivity contribution in [2.75, 3.05) is 0 Å². The molecule has 24 heavy (non-hydrogen) atoms. The van der Waals surface area contributed by atoms with Crippen molar-refractivity contribution >= 4 is 11.8 Å². The predicted octanol–water partition coefficient (Wildman–Crippen LogP) is 2.22. The lowest BCUT2D eigenvalue weighted by atomic mass is 10.2. The average Bonchev–Trinajstić information content (AvgIpc) is 3.08. The van der Waals surface area contributed by atoms with Crippen LogP contribution in [0.5, 0.6) is 0 Å². The number of aromatic amines is 1. The number of rotatable bonds is 4. The highest BCUT2D eigenvalue weighted by atomic mass is 32.2. The first kappa shape index (κ1) is 17.1. The second-order valence-corrected chi connectivity index (χ2v) is 6.68. The van der Waals surface area contributed by atoms with E-state index < -0.39 is 11.7 Å². The smallest absolute Gasteiger partial charge is 0.301 e. The molecule has 0 aromatic carbocycles. The predicted molar refractivity (Wildman–Crippen MR) is 82.7 cm³/mol. The molecule has 2 heterocycles. The normalized spacial score (nSPS) is 14.2. The van der Waals surface area contributed by atoms with Gasteiger partial charge in [-0.2, -0.15) is 17.9 Å². The molecule has 1 aliphatic carbocycles. The lowest BCUT2D eigenvalue weighted by Gasteiger charge is -2.08. The van der Waals surface area contributed by atoms with Crippen LogP contribution in [0.3, 0.4) is 0 Å². The number of thioether (sulfide) groups is 1. The highest BCUT2D eigenvalue weighted by molar-refractivity contribution is 7.98. The Morgan fingerprint density at radius 1 is 1.42 bits per heavy atom. The van der Waals surface area contributed by atoms with Crippen molar-refractivity contribution in [3.8, 4) is 0 Å². The summed E-state index contributed by atoms with van der Waals surface area (Å²) < 4.78 is 42.7. The van der Waals surface area contributed by atoms with Crippen molar-refractivity contribution in [2.45, 2.75) is 49.8 Å². The van der Waals surface area contributed by atoms with Gasteiger partial charge in [-0.25, -0.2) is 4.98 Å². The maximum atomic E-state index is 13.2. The van der Waals surface area contributed by atoms with Gasteiger partial charge in [0.05, 0.1) is 12.2 Å². The van der Waals surface area contributed by atoms with E-state index in [0.717, 1.165) is 42.9 Å². The molecule has 0 saturated heterocycles. The van der Waals surface area contributed by atoms with Gasteiger partial charge in [0.15, 0.2) is 12.2 Å². The van der Waals surface area contributed by atoms with E-state index >= 15 is 0 Å². The second-order valence-electron chi connectivity index (χ2n) is 5.72. The van der Waals surface area contributed by atoms with Crippen molar-refractivity contribution < 1.29 is 17.9 Å². The zero-order valence-corrected chi connectivity index (χ0v) is 14.2. The number of hydrogen-bond acceptors (Lipinski definition) is 3. The molecule has 5 nitrogen and oxygen atoms in total. The van der Waals surface area contributed by atoms with Crippen LogP contribution in [-0.2, 0) is 38.4 Å². The van der Waals surface area contributed by atoms with Gasteiger partial charge in [0.25, 0.3) is 5.56 Å². The molecule has 2 aromatic heterocycles. The topological polar surface area (TPSA) is 54.6 Å². The minimum atomic E-state index is -4.41. The van der Waals surface area contributed by atoms with E-state index in [4.69, 9.17) is 0 Å². The number of H-pyrrole nitrogens is 1. The molecule has 0 saturated carbocycles. The summed E-state index contributed by atoms with van der Waals surface area (Å²) in [6.07, 6.45) is -0.951. The molecule has 0 fully saturated rings. The van der Waals surface area contributed by atoms with Crippen LogP contribution in [0.15, 0.2) is 16.1 Å². The first-order chi connectivity index (χ1) is 11.3. The number of hydrogen-bond donors (Lipinski definition) is 1. The van der Waals surface area contributed by atoms with Crippen molar-refractivity contribution in [1.82, 2.24) is 14.6 Å². The number of nitrogens with one attached hydrogen (secondary N) is 1. The van der Waals surface area contributed by atoms with E-state index in [1.165, 1.54) is 4.68 Å². The third-order valence-corrected chi connectivity index (χ3v) is 5.07. The molecule has 0 amide bonds. The lowest BCUT2D eigenvalue weighted by Crippen LogP contribution is -2.38. The highest BCUT2D eigenvalue weighted by Crippen LogP contribution is 2.34. The third kappa shape index (κ3) is 3.09. The number of fused-ring (bicyclic) bond motifs is 1. The molecular weight excluding hydrogens is 341 g/mol. The summed E-state index contributed by atoms with van der Waals surface area (Å²) in [5.74, 6) is 0.0885. The SMILES string of the molecule is CCn1c(CSc2nc3c(c(=O)[nH]2)CCC3)c(C(F)(F)F)c[n+]1C. The van der Waals surface area contributed by atoms with Crippen molar-refractivity contribution in [2.24, 2.45) is 7.05 Å². The number of nitrogens with zero attached hydrogens (tertiary/aromatic N) is 3. The fourth-order valence-electron chi connectivity index (χ4n) is 3.09. The first-order valence-electron chi connectivity index (χ1n) is 7.71. The molecule has 9 heteroatoms. The van der Waals surface area contributed by atoms with E-state index in [9.17, 15) is 18.0 Å². The average molecular weight is 359 g/mol. The first-order valence-corrected chi connectivity index (χ1v) is 8.70. The van der Waals surface area contributed by atoms with E-state index in [1.807, 2.05) is 0 Å². The Morgan fingerprint density at radius 2 is 2.17 bits per heavy atom. The van der Waals surface area contributed by atoms with Gasteiger partial charge in [-0.3, -0.25) is 4.79 Å². The quantitative estimate of drug-likeness (QED) is 0.517. The Morgan fingerprint density at radius 3 is 2.83 bits per heavy atom. The third-order valence-electron chi connectivity index (χ3n) is 4.19. The molecule has 1 N–H and O–H groups in total. The zero-order chi connectivity index (χ0) is 17.5. The molecule has 0 atom stereocenters. The van der Waals surface area contributed by atoms with Gasteiger partial charge in [-0.1, -0.05) is 11.8 Å². The van der Waals surface area contributed by atoms with Crippen LogP contribution in [0, 0.1) is 0 Å². The molecule has 130 valence electrons. The van der Waals surface area contributed by atoms with Gasteiger partial charge < -0.3 is 4.98 Å². The maximum Gasteiger partial charge on any atom is 0.424 e. The van der Waals surface area contributed by atoms with Gasteiger partial charge >= 0.3 is 6.18 Å². The van der Waals surface area contributed by atoms with Crippen LogP contribution in [-0.4, -0.2) is 14.6 Å². The molecule has 1 aliphatic rings. The van der Waals surface area contributed by atoms with Crippen LogP contribution in [0.2, 0.25) is 0 Å². The number of aromatic nitrogens is 4. The fourth-order valence-corrected chi connectivity index (χ4v) is 4.00. The van der Waals surface area contributed by atoms with Gasteiger partial charge in [-0.15, -0.1) is 4.68 Å².